The minimum Gasteiger partial charge on any atom is -0.349 e. The molecular weight excluding hydrogens is 303 g/mol. The normalized spacial score (nSPS) is 19.9. The summed E-state index contributed by atoms with van der Waals surface area (Å²) < 4.78 is 13.7. The number of anilines is 1. The monoisotopic (exact) mass is 320 g/mol. The van der Waals surface area contributed by atoms with Gasteiger partial charge in [0.2, 0.25) is 0 Å². The Morgan fingerprint density at radius 2 is 2.12 bits per heavy atom. The molecule has 1 atom stereocenters. The Morgan fingerprint density at radius 3 is 3.04 bits per heavy atom. The van der Waals surface area contributed by atoms with Crippen molar-refractivity contribution in [2.45, 2.75) is 19.0 Å². The molecule has 120 valence electrons. The summed E-state index contributed by atoms with van der Waals surface area (Å²) in [6.45, 7) is 1.03. The molecule has 5 heteroatoms. The van der Waals surface area contributed by atoms with Gasteiger partial charge in [-0.2, -0.15) is 5.10 Å². The lowest BCUT2D eigenvalue weighted by Gasteiger charge is -2.32. The number of halogens is 1. The van der Waals surface area contributed by atoms with E-state index >= 15 is 0 Å². The van der Waals surface area contributed by atoms with Crippen LogP contribution in [0.25, 0.3) is 10.9 Å². The maximum Gasteiger partial charge on any atom is 0.132 e. The highest BCUT2D eigenvalue weighted by molar-refractivity contribution is 5.78. The largest absolute Gasteiger partial charge is 0.349 e. The van der Waals surface area contributed by atoms with E-state index in [2.05, 4.69) is 44.4 Å². The molecule has 0 aliphatic carbocycles. The van der Waals surface area contributed by atoms with Crippen molar-refractivity contribution in [1.82, 2.24) is 15.1 Å². The Kier molecular flexibility index (Phi) is 2.89. The van der Waals surface area contributed by atoms with Gasteiger partial charge in [0.25, 0.3) is 0 Å². The van der Waals surface area contributed by atoms with Gasteiger partial charge in [-0.05, 0) is 42.7 Å². The van der Waals surface area contributed by atoms with Crippen LogP contribution in [0.1, 0.15) is 24.6 Å². The van der Waals surface area contributed by atoms with E-state index in [0.29, 0.717) is 0 Å². The lowest BCUT2D eigenvalue weighted by Crippen LogP contribution is -2.30. The topological polar surface area (TPSA) is 35.2 Å². The molecule has 1 unspecified atom stereocenters. The number of fused-ring (bicyclic) bond motifs is 2. The van der Waals surface area contributed by atoms with Gasteiger partial charge in [-0.15, -0.1) is 0 Å². The molecule has 2 aliphatic heterocycles. The molecule has 1 aromatic heterocycles. The number of aromatic amines is 1. The number of H-pyrrole nitrogens is 1. The number of nitrogens with one attached hydrogen (secondary N) is 1. The van der Waals surface area contributed by atoms with Gasteiger partial charge in [0.15, 0.2) is 0 Å². The van der Waals surface area contributed by atoms with Crippen molar-refractivity contribution in [3.8, 4) is 0 Å². The van der Waals surface area contributed by atoms with E-state index in [-0.39, 0.29) is 12.0 Å². The molecule has 5 rings (SSSR count). The Balaban J connectivity index is 1.63. The molecule has 1 fully saturated rings. The molecule has 0 saturated carbocycles. The van der Waals surface area contributed by atoms with Gasteiger partial charge in [-0.25, -0.2) is 4.39 Å². The number of benzene rings is 2. The van der Waals surface area contributed by atoms with Gasteiger partial charge in [-0.1, -0.05) is 18.2 Å². The van der Waals surface area contributed by atoms with E-state index in [9.17, 15) is 4.39 Å². The molecule has 0 bridgehead atoms. The predicted molar refractivity (Wildman–Crippen MR) is 91.7 cm³/mol. The highest BCUT2D eigenvalue weighted by Crippen LogP contribution is 2.43. The minimum atomic E-state index is -0.208. The van der Waals surface area contributed by atoms with E-state index in [0.717, 1.165) is 29.6 Å². The molecule has 0 spiro atoms. The molecule has 2 aliphatic rings. The third-order valence-electron chi connectivity index (χ3n) is 4.92. The van der Waals surface area contributed by atoms with E-state index < -0.39 is 0 Å². The molecule has 24 heavy (non-hydrogen) atoms. The lowest BCUT2D eigenvalue weighted by molar-refractivity contribution is 0.319. The number of rotatable bonds is 2. The summed E-state index contributed by atoms with van der Waals surface area (Å²) in [5.41, 5.74) is 4.42. The van der Waals surface area contributed by atoms with Crippen LogP contribution in [0.4, 0.5) is 10.1 Å². The first kappa shape index (κ1) is 13.6. The van der Waals surface area contributed by atoms with Crippen LogP contribution >= 0.6 is 0 Å². The van der Waals surface area contributed by atoms with Crippen molar-refractivity contribution < 1.29 is 4.39 Å². The van der Waals surface area contributed by atoms with Gasteiger partial charge < -0.3 is 9.80 Å². The van der Waals surface area contributed by atoms with Gasteiger partial charge >= 0.3 is 0 Å². The molecule has 3 heterocycles. The van der Waals surface area contributed by atoms with Crippen LogP contribution in [-0.4, -0.2) is 21.6 Å². The fourth-order valence-corrected chi connectivity index (χ4v) is 3.83. The minimum absolute atomic E-state index is 0.0667. The standard InChI is InChI=1S/C19H17FN4/c20-15-3-1-4-16(10-15)24-12-17-5-2-8-23(17)19(24)13-6-7-14-11-21-22-18(14)9-13/h1,3-4,6-7,9-12,19H,2,5,8H2,(H,21,22). The number of hydrogen-bond donors (Lipinski definition) is 1. The average molecular weight is 320 g/mol. The van der Waals surface area contributed by atoms with E-state index in [1.807, 2.05) is 12.3 Å². The molecule has 1 saturated heterocycles. The number of nitrogens with zero attached hydrogens (tertiary/aromatic N) is 3. The van der Waals surface area contributed by atoms with Gasteiger partial charge in [-0.3, -0.25) is 5.10 Å². The fourth-order valence-electron chi connectivity index (χ4n) is 3.83. The first-order valence-electron chi connectivity index (χ1n) is 8.24. The second-order valence-corrected chi connectivity index (χ2v) is 6.39. The zero-order valence-corrected chi connectivity index (χ0v) is 13.1. The van der Waals surface area contributed by atoms with Crippen LogP contribution in [0.2, 0.25) is 0 Å². The van der Waals surface area contributed by atoms with Crippen LogP contribution in [-0.2, 0) is 0 Å². The second kappa shape index (κ2) is 5.09. The van der Waals surface area contributed by atoms with Crippen LogP contribution in [0.5, 0.6) is 0 Å². The summed E-state index contributed by atoms with van der Waals surface area (Å²) >= 11 is 0. The Bertz CT molecular complexity index is 945. The first-order valence-corrected chi connectivity index (χ1v) is 8.24. The van der Waals surface area contributed by atoms with Crippen LogP contribution in [0.15, 0.2) is 60.6 Å². The van der Waals surface area contributed by atoms with E-state index in [4.69, 9.17) is 0 Å². The summed E-state index contributed by atoms with van der Waals surface area (Å²) in [4.78, 5) is 4.59. The highest BCUT2D eigenvalue weighted by Gasteiger charge is 2.36. The molecule has 0 amide bonds. The number of hydrogen-bond acceptors (Lipinski definition) is 3. The van der Waals surface area contributed by atoms with Gasteiger partial charge in [0, 0.05) is 29.5 Å². The van der Waals surface area contributed by atoms with E-state index in [1.165, 1.54) is 23.7 Å². The summed E-state index contributed by atoms with van der Waals surface area (Å²) in [6, 6.07) is 13.2. The zero-order chi connectivity index (χ0) is 16.1. The fraction of sp³-hybridized carbons (Fsp3) is 0.211. The molecule has 2 aromatic carbocycles. The summed E-state index contributed by atoms with van der Waals surface area (Å²) in [7, 11) is 0. The molecule has 0 radical (unpaired) electrons. The SMILES string of the molecule is Fc1cccc(N2C=C3CCCN3C2c2ccc3cn[nH]c3c2)c1. The van der Waals surface area contributed by atoms with Crippen molar-refractivity contribution in [3.63, 3.8) is 0 Å². The molecule has 4 nitrogen and oxygen atoms in total. The van der Waals surface area contributed by atoms with Crippen LogP contribution in [0, 0.1) is 5.82 Å². The molecule has 1 N–H and O–H groups in total. The van der Waals surface area contributed by atoms with E-state index in [1.54, 1.807) is 12.1 Å². The van der Waals surface area contributed by atoms with Crippen molar-refractivity contribution in [2.24, 2.45) is 0 Å². The third-order valence-corrected chi connectivity index (χ3v) is 4.92. The van der Waals surface area contributed by atoms with Gasteiger partial charge in [0.05, 0.1) is 11.7 Å². The maximum absolute atomic E-state index is 13.7. The zero-order valence-electron chi connectivity index (χ0n) is 13.1. The van der Waals surface area contributed by atoms with Crippen molar-refractivity contribution >= 4 is 16.6 Å². The summed E-state index contributed by atoms with van der Waals surface area (Å²) in [5, 5.41) is 8.25. The molecular formula is C19H17FN4. The van der Waals surface area contributed by atoms with Gasteiger partial charge in [0.1, 0.15) is 12.0 Å². The first-order chi connectivity index (χ1) is 11.8. The molecule has 3 aromatic rings. The maximum atomic E-state index is 13.7. The quantitative estimate of drug-likeness (QED) is 0.770. The van der Waals surface area contributed by atoms with Crippen molar-refractivity contribution in [2.75, 3.05) is 11.4 Å². The number of aromatic nitrogens is 2. The second-order valence-electron chi connectivity index (χ2n) is 6.39. The Labute approximate surface area is 139 Å². The van der Waals surface area contributed by atoms with Crippen molar-refractivity contribution in [1.29, 1.82) is 0 Å². The third kappa shape index (κ3) is 2.01. The van der Waals surface area contributed by atoms with Crippen LogP contribution in [0.3, 0.4) is 0 Å². The Morgan fingerprint density at radius 1 is 1.17 bits per heavy atom. The average Bonchev–Trinajstić information content (AvgIpc) is 3.29. The van der Waals surface area contributed by atoms with Crippen molar-refractivity contribution in [3.05, 3.63) is 71.9 Å². The van der Waals surface area contributed by atoms with Crippen LogP contribution < -0.4 is 4.90 Å². The predicted octanol–water partition coefficient (Wildman–Crippen LogP) is 4.16. The summed E-state index contributed by atoms with van der Waals surface area (Å²) in [6.07, 6.45) is 6.32. The lowest BCUT2D eigenvalue weighted by atomic mass is 10.1. The summed E-state index contributed by atoms with van der Waals surface area (Å²) in [5.74, 6) is -0.208. The smallest absolute Gasteiger partial charge is 0.132 e. The highest BCUT2D eigenvalue weighted by atomic mass is 19.1. The number of allylic oxidation sites excluding steroid dienone is 1. The Hall–Kier alpha value is -2.82.